The van der Waals surface area contributed by atoms with Gasteiger partial charge >= 0.3 is 0 Å². The number of thiophene rings is 1. The molecule has 0 aromatic carbocycles. The zero-order valence-electron chi connectivity index (χ0n) is 9.33. The van der Waals surface area contributed by atoms with Crippen molar-refractivity contribution in [3.05, 3.63) is 15.8 Å². The molecule has 0 aliphatic rings. The van der Waals surface area contributed by atoms with Gasteiger partial charge in [0.25, 0.3) is 5.91 Å². The van der Waals surface area contributed by atoms with Gasteiger partial charge in [0.2, 0.25) is 10.0 Å². The zero-order chi connectivity index (χ0) is 12.3. The summed E-state index contributed by atoms with van der Waals surface area (Å²) in [6, 6.07) is 1.40. The number of carbonyl (C=O) groups excluding carboxylic acids is 1. The summed E-state index contributed by atoms with van der Waals surface area (Å²) < 4.78 is 25.9. The Kier molecular flexibility index (Phi) is 4.06. The normalized spacial score (nSPS) is 11.4. The number of rotatable bonds is 4. The highest BCUT2D eigenvalue weighted by atomic mass is 32.2. The Hall–Kier alpha value is -0.920. The van der Waals surface area contributed by atoms with E-state index in [1.165, 1.54) is 24.5 Å². The minimum atomic E-state index is -3.48. The molecule has 1 amide bonds. The van der Waals surface area contributed by atoms with Crippen LogP contribution in [-0.2, 0) is 10.0 Å². The molecule has 90 valence electrons. The number of carbonyl (C=O) groups is 1. The topological polar surface area (TPSA) is 75.3 Å². The van der Waals surface area contributed by atoms with Crippen LogP contribution in [0.4, 0.5) is 0 Å². The van der Waals surface area contributed by atoms with Crippen LogP contribution in [0.2, 0.25) is 0 Å². The molecule has 1 aromatic rings. The third-order valence-corrected chi connectivity index (χ3v) is 4.80. The second-order valence-electron chi connectivity index (χ2n) is 3.11. The lowest BCUT2D eigenvalue weighted by Crippen LogP contribution is -2.23. The van der Waals surface area contributed by atoms with E-state index >= 15 is 0 Å². The molecule has 5 nitrogen and oxygen atoms in total. The molecule has 0 unspecified atom stereocenters. The van der Waals surface area contributed by atoms with Crippen LogP contribution in [0, 0.1) is 6.92 Å². The molecule has 0 bridgehead atoms. The summed E-state index contributed by atoms with van der Waals surface area (Å²) in [5.41, 5.74) is 0. The summed E-state index contributed by atoms with van der Waals surface area (Å²) >= 11 is 1.17. The predicted octanol–water partition coefficient (Wildman–Crippen LogP) is 0.714. The van der Waals surface area contributed by atoms with Crippen molar-refractivity contribution in [1.29, 1.82) is 0 Å². The Morgan fingerprint density at radius 2 is 2.12 bits per heavy atom. The smallest absolute Gasteiger partial charge is 0.261 e. The van der Waals surface area contributed by atoms with Crippen molar-refractivity contribution in [1.82, 2.24) is 10.0 Å². The van der Waals surface area contributed by atoms with Crippen molar-refractivity contribution >= 4 is 27.3 Å². The van der Waals surface area contributed by atoms with Crippen molar-refractivity contribution in [2.75, 3.05) is 13.6 Å². The van der Waals surface area contributed by atoms with E-state index < -0.39 is 10.0 Å². The van der Waals surface area contributed by atoms with Crippen LogP contribution in [0.3, 0.4) is 0 Å². The molecule has 0 aliphatic carbocycles. The Morgan fingerprint density at radius 3 is 2.62 bits per heavy atom. The van der Waals surface area contributed by atoms with Crippen molar-refractivity contribution in [3.63, 3.8) is 0 Å². The Balaban J connectivity index is 3.17. The minimum Gasteiger partial charge on any atom is -0.354 e. The van der Waals surface area contributed by atoms with E-state index in [2.05, 4.69) is 10.0 Å². The molecule has 1 heterocycles. The van der Waals surface area contributed by atoms with Crippen molar-refractivity contribution in [2.24, 2.45) is 0 Å². The van der Waals surface area contributed by atoms with Crippen LogP contribution in [0.5, 0.6) is 0 Å². The lowest BCUT2D eigenvalue weighted by atomic mass is 10.4. The number of hydrogen-bond acceptors (Lipinski definition) is 4. The van der Waals surface area contributed by atoms with Gasteiger partial charge in [-0.1, -0.05) is 6.92 Å². The summed E-state index contributed by atoms with van der Waals surface area (Å²) in [7, 11) is -1.97. The molecule has 1 aromatic heterocycles. The Labute approximate surface area is 98.9 Å². The number of sulfonamides is 1. The van der Waals surface area contributed by atoms with Gasteiger partial charge in [-0.25, -0.2) is 13.1 Å². The molecule has 2 N–H and O–H groups in total. The fourth-order valence-electron chi connectivity index (χ4n) is 1.24. The summed E-state index contributed by atoms with van der Waals surface area (Å²) in [4.78, 5) is 12.5. The molecule has 0 spiro atoms. The third-order valence-electron chi connectivity index (χ3n) is 1.95. The first-order valence-electron chi connectivity index (χ1n) is 4.74. The van der Waals surface area contributed by atoms with Crippen molar-refractivity contribution in [2.45, 2.75) is 18.7 Å². The van der Waals surface area contributed by atoms with Gasteiger partial charge in [0.1, 0.15) is 0 Å². The van der Waals surface area contributed by atoms with Gasteiger partial charge in [-0.2, -0.15) is 0 Å². The third kappa shape index (κ3) is 2.60. The van der Waals surface area contributed by atoms with Gasteiger partial charge < -0.3 is 5.32 Å². The monoisotopic (exact) mass is 262 g/mol. The van der Waals surface area contributed by atoms with Crippen LogP contribution in [0.1, 0.15) is 21.5 Å². The highest BCUT2D eigenvalue weighted by molar-refractivity contribution is 7.89. The fraction of sp³-hybridized carbons (Fsp3) is 0.444. The van der Waals surface area contributed by atoms with Gasteiger partial charge in [-0.15, -0.1) is 11.3 Å². The molecule has 0 saturated carbocycles. The second-order valence-corrected chi connectivity index (χ2v) is 6.10. The molecular formula is C9H14N2O3S2. The fourth-order valence-corrected chi connectivity index (χ4v) is 3.81. The maximum Gasteiger partial charge on any atom is 0.261 e. The Bertz CT molecular complexity index is 491. The van der Waals surface area contributed by atoms with E-state index in [1.807, 2.05) is 0 Å². The zero-order valence-corrected chi connectivity index (χ0v) is 11.0. The predicted molar refractivity (Wildman–Crippen MR) is 63.3 cm³/mol. The van der Waals surface area contributed by atoms with Gasteiger partial charge in [-0.05, 0) is 13.0 Å². The van der Waals surface area contributed by atoms with E-state index in [4.69, 9.17) is 0 Å². The maximum atomic E-state index is 11.7. The average Bonchev–Trinajstić information content (AvgIpc) is 2.60. The van der Waals surface area contributed by atoms with E-state index in [0.717, 1.165) is 0 Å². The quantitative estimate of drug-likeness (QED) is 0.839. The van der Waals surface area contributed by atoms with E-state index in [0.29, 0.717) is 16.3 Å². The highest BCUT2D eigenvalue weighted by Gasteiger charge is 2.20. The lowest BCUT2D eigenvalue weighted by molar-refractivity contribution is 0.0967. The average molecular weight is 262 g/mol. The SMILES string of the molecule is CCNS(=O)(=O)c1cc(C(=O)NC)sc1C. The van der Waals surface area contributed by atoms with Crippen LogP contribution >= 0.6 is 11.3 Å². The first kappa shape index (κ1) is 13.1. The number of amides is 1. The van der Waals surface area contributed by atoms with Crippen LogP contribution in [0.15, 0.2) is 11.0 Å². The van der Waals surface area contributed by atoms with Crippen molar-refractivity contribution in [3.8, 4) is 0 Å². The van der Waals surface area contributed by atoms with Crippen molar-refractivity contribution < 1.29 is 13.2 Å². The molecule has 0 saturated heterocycles. The molecular weight excluding hydrogens is 248 g/mol. The number of aryl methyl sites for hydroxylation is 1. The number of nitrogens with one attached hydrogen (secondary N) is 2. The molecule has 0 fully saturated rings. The molecule has 7 heteroatoms. The van der Waals surface area contributed by atoms with Crippen LogP contribution < -0.4 is 10.0 Å². The molecule has 0 atom stereocenters. The Morgan fingerprint density at radius 1 is 1.50 bits per heavy atom. The van der Waals surface area contributed by atoms with E-state index in [1.54, 1.807) is 13.8 Å². The summed E-state index contributed by atoms with van der Waals surface area (Å²) in [5.74, 6) is -0.272. The largest absolute Gasteiger partial charge is 0.354 e. The van der Waals surface area contributed by atoms with Crippen LogP contribution in [-0.4, -0.2) is 27.9 Å². The summed E-state index contributed by atoms with van der Waals surface area (Å²) in [6.45, 7) is 3.72. The molecule has 16 heavy (non-hydrogen) atoms. The van der Waals surface area contributed by atoms with Gasteiger partial charge in [0.15, 0.2) is 0 Å². The minimum absolute atomic E-state index is 0.179. The number of hydrogen-bond donors (Lipinski definition) is 2. The van der Waals surface area contributed by atoms with E-state index in [9.17, 15) is 13.2 Å². The molecule has 0 radical (unpaired) electrons. The highest BCUT2D eigenvalue weighted by Crippen LogP contribution is 2.25. The van der Waals surface area contributed by atoms with E-state index in [-0.39, 0.29) is 10.8 Å². The summed E-state index contributed by atoms with van der Waals surface area (Å²) in [6.07, 6.45) is 0. The summed E-state index contributed by atoms with van der Waals surface area (Å²) in [5, 5.41) is 2.46. The van der Waals surface area contributed by atoms with Gasteiger partial charge in [-0.3, -0.25) is 4.79 Å². The lowest BCUT2D eigenvalue weighted by Gasteiger charge is -2.02. The van der Waals surface area contributed by atoms with Gasteiger partial charge in [0, 0.05) is 18.5 Å². The second kappa shape index (κ2) is 4.94. The standard InChI is InChI=1S/C9H14N2O3S2/c1-4-11-16(13,14)8-5-7(9(12)10-3)15-6(8)2/h5,11H,4H2,1-3H3,(H,10,12). The maximum absolute atomic E-state index is 11.7. The molecule has 0 aliphatic heterocycles. The van der Waals surface area contributed by atoms with Crippen LogP contribution in [0.25, 0.3) is 0 Å². The first-order valence-corrected chi connectivity index (χ1v) is 7.04. The first-order chi connectivity index (χ1) is 7.42. The molecule has 1 rings (SSSR count). The van der Waals surface area contributed by atoms with Gasteiger partial charge in [0.05, 0.1) is 9.77 Å².